The number of hydrogen-bond donors (Lipinski definition) is 1. The predicted molar refractivity (Wildman–Crippen MR) is 66.3 cm³/mol. The molecule has 0 aliphatic carbocycles. The Bertz CT molecular complexity index is 275. The van der Waals surface area contributed by atoms with Crippen LogP contribution in [0.3, 0.4) is 0 Å². The summed E-state index contributed by atoms with van der Waals surface area (Å²) in [5, 5.41) is -1.06. The van der Waals surface area contributed by atoms with Gasteiger partial charge in [-0.05, 0) is 6.42 Å². The molecule has 0 radical (unpaired) electrons. The third kappa shape index (κ3) is 11.1. The van der Waals surface area contributed by atoms with Crippen LogP contribution in [-0.2, 0) is 14.9 Å². The first kappa shape index (κ1) is 18.9. The van der Waals surface area contributed by atoms with E-state index in [-0.39, 0.29) is 36.0 Å². The number of unbranched alkanes of at least 4 members (excludes halogenated alkanes) is 6. The summed E-state index contributed by atoms with van der Waals surface area (Å²) < 4.78 is 29.1. The second kappa shape index (κ2) is 10.7. The van der Waals surface area contributed by atoms with Crippen LogP contribution in [0.2, 0.25) is 0 Å². The minimum absolute atomic E-state index is 0. The molecule has 0 aromatic heterocycles. The number of hydrogen-bond acceptors (Lipinski definition) is 3. The quantitative estimate of drug-likeness (QED) is 0.411. The third-order valence-electron chi connectivity index (χ3n) is 2.27. The molecular formula is C10H21NaO4S. The summed E-state index contributed by atoms with van der Waals surface area (Å²) in [7, 11) is -4.44. The second-order valence-corrected chi connectivity index (χ2v) is 5.12. The van der Waals surface area contributed by atoms with Crippen LogP contribution in [-0.4, -0.2) is 47.6 Å². The first-order chi connectivity index (χ1) is 6.98. The summed E-state index contributed by atoms with van der Waals surface area (Å²) in [5.41, 5.74) is 0. The number of carbonyl (C=O) groups excluding carboxylic acids is 1. The van der Waals surface area contributed by atoms with Gasteiger partial charge < -0.3 is 0 Å². The van der Waals surface area contributed by atoms with Gasteiger partial charge in [-0.3, -0.25) is 9.35 Å². The summed E-state index contributed by atoms with van der Waals surface area (Å²) in [5.74, 6) is 0. The van der Waals surface area contributed by atoms with Crippen molar-refractivity contribution in [2.24, 2.45) is 0 Å². The first-order valence-corrected chi connectivity index (χ1v) is 6.92. The van der Waals surface area contributed by atoms with Crippen molar-refractivity contribution in [3.8, 4) is 0 Å². The molecule has 0 amide bonds. The van der Waals surface area contributed by atoms with E-state index in [9.17, 15) is 13.2 Å². The fraction of sp³-hybridized carbons (Fsp3) is 0.900. The van der Waals surface area contributed by atoms with Crippen LogP contribution in [0, 0.1) is 0 Å². The summed E-state index contributed by atoms with van der Waals surface area (Å²) in [4.78, 5) is 10.8. The molecule has 92 valence electrons. The fourth-order valence-electron chi connectivity index (χ4n) is 1.36. The summed E-state index contributed by atoms with van der Waals surface area (Å²) in [6.07, 6.45) is 7.11. The van der Waals surface area contributed by atoms with E-state index in [4.69, 9.17) is 4.55 Å². The number of carbonyl (C=O) groups is 1. The Morgan fingerprint density at radius 3 is 1.88 bits per heavy atom. The molecule has 6 heteroatoms. The zero-order chi connectivity index (χ0) is 11.7. The van der Waals surface area contributed by atoms with Gasteiger partial charge in [0.05, 0.1) is 0 Å². The molecule has 16 heavy (non-hydrogen) atoms. The van der Waals surface area contributed by atoms with Crippen LogP contribution in [0.15, 0.2) is 0 Å². The molecule has 1 N–H and O–H groups in total. The van der Waals surface area contributed by atoms with Crippen molar-refractivity contribution in [2.45, 2.75) is 58.3 Å². The fourth-order valence-corrected chi connectivity index (χ4v) is 1.76. The van der Waals surface area contributed by atoms with Crippen molar-refractivity contribution in [3.63, 3.8) is 0 Å². The molecule has 0 aliphatic heterocycles. The van der Waals surface area contributed by atoms with Gasteiger partial charge in [-0.1, -0.05) is 45.4 Å². The Labute approximate surface area is 120 Å². The maximum atomic E-state index is 10.8. The molecule has 0 unspecified atom stereocenters. The van der Waals surface area contributed by atoms with E-state index in [0.29, 0.717) is 6.42 Å². The van der Waals surface area contributed by atoms with Crippen LogP contribution < -0.4 is 0 Å². The second-order valence-electron chi connectivity index (χ2n) is 3.72. The van der Waals surface area contributed by atoms with E-state index < -0.39 is 15.2 Å². The monoisotopic (exact) mass is 260 g/mol. The van der Waals surface area contributed by atoms with Crippen LogP contribution >= 0.6 is 0 Å². The van der Waals surface area contributed by atoms with Crippen molar-refractivity contribution < 1.29 is 17.8 Å². The minimum atomic E-state index is -4.44. The zero-order valence-electron chi connectivity index (χ0n) is 9.24. The number of rotatable bonds is 8. The van der Waals surface area contributed by atoms with Crippen LogP contribution in [0.1, 0.15) is 58.3 Å². The molecular weight excluding hydrogens is 239 g/mol. The average Bonchev–Trinajstić information content (AvgIpc) is 2.14. The van der Waals surface area contributed by atoms with Crippen molar-refractivity contribution >= 4 is 44.8 Å². The van der Waals surface area contributed by atoms with E-state index in [1.165, 1.54) is 19.3 Å². The topological polar surface area (TPSA) is 71.4 Å². The Balaban J connectivity index is 0. The summed E-state index contributed by atoms with van der Waals surface area (Å²) in [6.45, 7) is 2.14. The summed E-state index contributed by atoms with van der Waals surface area (Å²) in [6, 6.07) is 0. The van der Waals surface area contributed by atoms with Gasteiger partial charge in [0.25, 0.3) is 5.12 Å². The van der Waals surface area contributed by atoms with Gasteiger partial charge in [0, 0.05) is 6.42 Å². The van der Waals surface area contributed by atoms with Crippen molar-refractivity contribution in [2.75, 3.05) is 0 Å². The molecule has 0 saturated heterocycles. The molecule has 0 bridgehead atoms. The van der Waals surface area contributed by atoms with Crippen molar-refractivity contribution in [1.29, 1.82) is 0 Å². The van der Waals surface area contributed by atoms with Gasteiger partial charge in [0.1, 0.15) is 0 Å². The van der Waals surface area contributed by atoms with Gasteiger partial charge >= 0.3 is 39.7 Å². The Kier molecular flexibility index (Phi) is 12.7. The van der Waals surface area contributed by atoms with Gasteiger partial charge in [0.15, 0.2) is 0 Å². The Morgan fingerprint density at radius 1 is 1.00 bits per heavy atom. The van der Waals surface area contributed by atoms with Gasteiger partial charge in [-0.15, -0.1) is 0 Å². The van der Waals surface area contributed by atoms with E-state index in [1.54, 1.807) is 0 Å². The van der Waals surface area contributed by atoms with Crippen molar-refractivity contribution in [1.82, 2.24) is 0 Å². The normalized spacial score (nSPS) is 10.9. The van der Waals surface area contributed by atoms with Gasteiger partial charge in [-0.2, -0.15) is 8.42 Å². The van der Waals surface area contributed by atoms with E-state index in [2.05, 4.69) is 6.92 Å². The molecule has 4 nitrogen and oxygen atoms in total. The standard InChI is InChI=1S/C10H20O4S.Na.H/c1-2-3-4-5-6-7-8-9-10(11)15(12,13)14;;/h2-9H2,1H3,(H,12,13,14);;. The average molecular weight is 260 g/mol. The molecule has 0 spiro atoms. The van der Waals surface area contributed by atoms with E-state index >= 15 is 0 Å². The molecule has 0 aromatic carbocycles. The molecule has 0 heterocycles. The molecule has 0 saturated carbocycles. The molecule has 0 aromatic rings. The molecule has 0 fully saturated rings. The third-order valence-corrected chi connectivity index (χ3v) is 3.05. The van der Waals surface area contributed by atoms with Crippen LogP contribution in [0.25, 0.3) is 0 Å². The molecule has 0 rings (SSSR count). The maximum absolute atomic E-state index is 10.8. The van der Waals surface area contributed by atoms with Gasteiger partial charge in [0.2, 0.25) is 0 Å². The first-order valence-electron chi connectivity index (χ1n) is 5.48. The van der Waals surface area contributed by atoms with Gasteiger partial charge in [-0.25, -0.2) is 0 Å². The van der Waals surface area contributed by atoms with Crippen molar-refractivity contribution in [3.05, 3.63) is 0 Å². The Morgan fingerprint density at radius 2 is 1.44 bits per heavy atom. The summed E-state index contributed by atoms with van der Waals surface area (Å²) >= 11 is 0. The SMILES string of the molecule is CCCCCCCCCC(=O)S(=O)(=O)O.[NaH]. The Hall–Kier alpha value is 0.580. The molecule has 0 aliphatic rings. The predicted octanol–water partition coefficient (Wildman–Crippen LogP) is 1.89. The zero-order valence-corrected chi connectivity index (χ0v) is 10.1. The van der Waals surface area contributed by atoms with E-state index in [0.717, 1.165) is 19.3 Å². The van der Waals surface area contributed by atoms with Crippen LogP contribution in [0.5, 0.6) is 0 Å². The van der Waals surface area contributed by atoms with Crippen LogP contribution in [0.4, 0.5) is 0 Å². The van der Waals surface area contributed by atoms with E-state index in [1.807, 2.05) is 0 Å². The molecule has 0 atom stereocenters.